The zero-order chi connectivity index (χ0) is 11.6. The van der Waals surface area contributed by atoms with E-state index < -0.39 is 0 Å². The third-order valence-electron chi connectivity index (χ3n) is 3.20. The maximum Gasteiger partial charge on any atom is 0.119 e. The third-order valence-corrected chi connectivity index (χ3v) is 3.20. The third kappa shape index (κ3) is 2.27. The van der Waals surface area contributed by atoms with E-state index in [9.17, 15) is 0 Å². The highest BCUT2D eigenvalue weighted by atomic mass is 16.5. The summed E-state index contributed by atoms with van der Waals surface area (Å²) >= 11 is 0. The van der Waals surface area contributed by atoms with Crippen LogP contribution in [0.25, 0.3) is 0 Å². The van der Waals surface area contributed by atoms with E-state index in [1.54, 1.807) is 0 Å². The Labute approximate surface area is 97.1 Å². The Morgan fingerprint density at radius 3 is 2.44 bits per heavy atom. The predicted molar refractivity (Wildman–Crippen MR) is 66.7 cm³/mol. The molecule has 0 radical (unpaired) electrons. The molecule has 1 aliphatic rings. The van der Waals surface area contributed by atoms with E-state index in [0.29, 0.717) is 6.61 Å². The normalized spacial score (nSPS) is 16.9. The summed E-state index contributed by atoms with van der Waals surface area (Å²) in [5.74, 6) is 0.902. The minimum atomic E-state index is 0.271. The average Bonchev–Trinajstić information content (AvgIpc) is 3.08. The van der Waals surface area contributed by atoms with Gasteiger partial charge in [-0.1, -0.05) is 18.7 Å². The van der Waals surface area contributed by atoms with Crippen LogP contribution >= 0.6 is 0 Å². The molecular weight excluding hydrogens is 198 g/mol. The summed E-state index contributed by atoms with van der Waals surface area (Å²) in [6.45, 7) is 7.10. The fourth-order valence-electron chi connectivity index (χ4n) is 1.87. The monoisotopic (exact) mass is 217 g/mol. The second-order valence-corrected chi connectivity index (χ2v) is 4.75. The molecule has 0 bridgehead atoms. The van der Waals surface area contributed by atoms with Crippen LogP contribution in [-0.2, 0) is 5.41 Å². The number of hydrogen-bond acceptors (Lipinski definition) is 2. The van der Waals surface area contributed by atoms with Gasteiger partial charge < -0.3 is 10.5 Å². The lowest BCUT2D eigenvalue weighted by molar-refractivity contribution is 0.352. The maximum atomic E-state index is 5.79. The number of nitrogens with two attached hydrogens (primary N) is 1. The average molecular weight is 217 g/mol. The van der Waals surface area contributed by atoms with Crippen molar-refractivity contribution in [3.05, 3.63) is 42.0 Å². The van der Waals surface area contributed by atoms with Crippen molar-refractivity contribution < 1.29 is 4.74 Å². The van der Waals surface area contributed by atoms with E-state index in [-0.39, 0.29) is 5.41 Å². The zero-order valence-electron chi connectivity index (χ0n) is 9.83. The van der Waals surface area contributed by atoms with E-state index in [0.717, 1.165) is 17.9 Å². The lowest BCUT2D eigenvalue weighted by atomic mass is 9.96. The highest BCUT2D eigenvalue weighted by molar-refractivity contribution is 5.36. The van der Waals surface area contributed by atoms with Crippen molar-refractivity contribution in [2.24, 2.45) is 5.73 Å². The molecule has 0 spiro atoms. The molecule has 1 aliphatic carbocycles. The predicted octanol–water partition coefficient (Wildman–Crippen LogP) is 2.63. The maximum absolute atomic E-state index is 5.79. The first kappa shape index (κ1) is 11.2. The van der Waals surface area contributed by atoms with Gasteiger partial charge in [-0.05, 0) is 43.0 Å². The molecule has 2 nitrogen and oxygen atoms in total. The molecule has 1 fully saturated rings. The van der Waals surface area contributed by atoms with Crippen molar-refractivity contribution in [2.45, 2.75) is 25.2 Å². The van der Waals surface area contributed by atoms with Crippen molar-refractivity contribution in [2.75, 3.05) is 13.2 Å². The summed E-state index contributed by atoms with van der Waals surface area (Å²) in [5.41, 5.74) is 8.44. The lowest BCUT2D eigenvalue weighted by Crippen LogP contribution is -2.19. The lowest BCUT2D eigenvalue weighted by Gasteiger charge is -2.13. The van der Waals surface area contributed by atoms with Gasteiger partial charge in [0.15, 0.2) is 0 Å². The van der Waals surface area contributed by atoms with Crippen molar-refractivity contribution in [1.82, 2.24) is 0 Å². The molecule has 0 saturated heterocycles. The van der Waals surface area contributed by atoms with Gasteiger partial charge in [0, 0.05) is 12.0 Å². The van der Waals surface area contributed by atoms with Gasteiger partial charge in [0.25, 0.3) is 0 Å². The first-order chi connectivity index (χ1) is 7.66. The Kier molecular flexibility index (Phi) is 3.01. The van der Waals surface area contributed by atoms with Crippen molar-refractivity contribution >= 4 is 0 Å². The van der Waals surface area contributed by atoms with Gasteiger partial charge in [0.2, 0.25) is 0 Å². The molecular formula is C14H19NO. The number of ether oxygens (including phenoxy) is 1. The fraction of sp³-hybridized carbons (Fsp3) is 0.429. The van der Waals surface area contributed by atoms with E-state index >= 15 is 0 Å². The summed E-state index contributed by atoms with van der Waals surface area (Å²) in [7, 11) is 0. The van der Waals surface area contributed by atoms with E-state index in [4.69, 9.17) is 10.5 Å². The van der Waals surface area contributed by atoms with Crippen LogP contribution in [0.15, 0.2) is 36.4 Å². The number of rotatable bonds is 5. The molecule has 0 aliphatic heterocycles. The van der Waals surface area contributed by atoms with Gasteiger partial charge in [-0.3, -0.25) is 0 Å². The molecule has 0 aromatic heterocycles. The van der Waals surface area contributed by atoms with Crippen LogP contribution in [-0.4, -0.2) is 13.2 Å². The van der Waals surface area contributed by atoms with Gasteiger partial charge in [-0.25, -0.2) is 0 Å². The number of benzene rings is 1. The first-order valence-electron chi connectivity index (χ1n) is 5.74. The van der Waals surface area contributed by atoms with E-state index in [1.807, 2.05) is 19.1 Å². The highest BCUT2D eigenvalue weighted by Crippen LogP contribution is 2.47. The SMILES string of the molecule is C=C(C)COc1ccc(C2(CN)CC2)cc1. The van der Waals surface area contributed by atoms with E-state index in [2.05, 4.69) is 18.7 Å². The second-order valence-electron chi connectivity index (χ2n) is 4.75. The molecule has 0 unspecified atom stereocenters. The number of hydrogen-bond donors (Lipinski definition) is 1. The van der Waals surface area contributed by atoms with Crippen LogP contribution in [0.4, 0.5) is 0 Å². The molecule has 1 aromatic rings. The minimum Gasteiger partial charge on any atom is -0.489 e. The van der Waals surface area contributed by atoms with Crippen LogP contribution in [0, 0.1) is 0 Å². The summed E-state index contributed by atoms with van der Waals surface area (Å²) in [4.78, 5) is 0. The molecule has 86 valence electrons. The molecule has 2 heteroatoms. The standard InChI is InChI=1S/C14H19NO/c1-11(2)9-16-13-5-3-12(4-6-13)14(10-15)7-8-14/h3-6H,1,7-10,15H2,2H3. The Balaban J connectivity index is 2.02. The molecule has 1 saturated carbocycles. The largest absolute Gasteiger partial charge is 0.489 e. The summed E-state index contributed by atoms with van der Waals surface area (Å²) in [6.07, 6.45) is 2.44. The molecule has 0 heterocycles. The van der Waals surface area contributed by atoms with Crippen LogP contribution in [0.5, 0.6) is 5.75 Å². The quantitative estimate of drug-likeness (QED) is 0.769. The first-order valence-corrected chi connectivity index (χ1v) is 5.74. The Morgan fingerprint density at radius 2 is 2.00 bits per heavy atom. The van der Waals surface area contributed by atoms with Crippen LogP contribution < -0.4 is 10.5 Å². The smallest absolute Gasteiger partial charge is 0.119 e. The topological polar surface area (TPSA) is 35.2 Å². The Morgan fingerprint density at radius 1 is 1.38 bits per heavy atom. The molecule has 0 amide bonds. The van der Waals surface area contributed by atoms with Crippen molar-refractivity contribution in [3.63, 3.8) is 0 Å². The van der Waals surface area contributed by atoms with Crippen LogP contribution in [0.3, 0.4) is 0 Å². The van der Waals surface area contributed by atoms with Crippen molar-refractivity contribution in [3.8, 4) is 5.75 Å². The van der Waals surface area contributed by atoms with Crippen LogP contribution in [0.2, 0.25) is 0 Å². The van der Waals surface area contributed by atoms with Gasteiger partial charge >= 0.3 is 0 Å². The van der Waals surface area contributed by atoms with E-state index in [1.165, 1.54) is 18.4 Å². The molecule has 1 aromatic carbocycles. The van der Waals surface area contributed by atoms with Crippen LogP contribution in [0.1, 0.15) is 25.3 Å². The van der Waals surface area contributed by atoms with Crippen molar-refractivity contribution in [1.29, 1.82) is 0 Å². The zero-order valence-corrected chi connectivity index (χ0v) is 9.83. The fourth-order valence-corrected chi connectivity index (χ4v) is 1.87. The molecule has 2 N–H and O–H groups in total. The minimum absolute atomic E-state index is 0.271. The summed E-state index contributed by atoms with van der Waals surface area (Å²) in [6, 6.07) is 8.31. The second kappa shape index (κ2) is 4.30. The van der Waals surface area contributed by atoms with Gasteiger partial charge in [0.05, 0.1) is 0 Å². The van der Waals surface area contributed by atoms with Gasteiger partial charge in [-0.2, -0.15) is 0 Å². The summed E-state index contributed by atoms with van der Waals surface area (Å²) in [5, 5.41) is 0. The van der Waals surface area contributed by atoms with Gasteiger partial charge in [0.1, 0.15) is 12.4 Å². The Bertz CT molecular complexity index is 376. The Hall–Kier alpha value is -1.28. The molecule has 2 rings (SSSR count). The van der Waals surface area contributed by atoms with Gasteiger partial charge in [-0.15, -0.1) is 0 Å². The molecule has 16 heavy (non-hydrogen) atoms. The molecule has 0 atom stereocenters. The summed E-state index contributed by atoms with van der Waals surface area (Å²) < 4.78 is 5.56. The highest BCUT2D eigenvalue weighted by Gasteiger charge is 2.42.